The molecule has 1 aliphatic rings. The van der Waals surface area contributed by atoms with E-state index in [9.17, 15) is 4.79 Å². The molecule has 3 nitrogen and oxygen atoms in total. The zero-order valence-corrected chi connectivity index (χ0v) is 16.2. The first kappa shape index (κ1) is 18.1. The van der Waals surface area contributed by atoms with Crippen LogP contribution in [-0.2, 0) is 10.5 Å². The van der Waals surface area contributed by atoms with Gasteiger partial charge in [0.15, 0.2) is 0 Å². The van der Waals surface area contributed by atoms with E-state index in [-0.39, 0.29) is 17.7 Å². The maximum absolute atomic E-state index is 12.5. The van der Waals surface area contributed by atoms with Crippen molar-refractivity contribution in [1.29, 1.82) is 0 Å². The van der Waals surface area contributed by atoms with Gasteiger partial charge in [-0.25, -0.2) is 0 Å². The summed E-state index contributed by atoms with van der Waals surface area (Å²) in [7, 11) is 0. The zero-order chi connectivity index (χ0) is 18.6. The molecule has 4 rings (SSSR count). The highest BCUT2D eigenvalue weighted by molar-refractivity contribution is 7.98. The maximum Gasteiger partial charge on any atom is 0.228 e. The lowest BCUT2D eigenvalue weighted by Crippen LogP contribution is -2.14. The number of hydrogen-bond donors (Lipinski definition) is 1. The molecule has 1 heterocycles. The van der Waals surface area contributed by atoms with Crippen molar-refractivity contribution < 1.29 is 4.79 Å². The predicted octanol–water partition coefficient (Wildman–Crippen LogP) is 5.77. The molecule has 1 saturated carbocycles. The first-order valence-electron chi connectivity index (χ1n) is 8.88. The van der Waals surface area contributed by atoms with Gasteiger partial charge in [-0.3, -0.25) is 9.78 Å². The van der Waals surface area contributed by atoms with Gasteiger partial charge in [-0.05, 0) is 59.9 Å². The minimum atomic E-state index is 0.00420. The van der Waals surface area contributed by atoms with E-state index in [4.69, 9.17) is 11.6 Å². The Balaban J connectivity index is 1.31. The molecule has 1 aliphatic carbocycles. The number of halogens is 1. The van der Waals surface area contributed by atoms with Crippen LogP contribution in [0, 0.1) is 5.92 Å². The van der Waals surface area contributed by atoms with Crippen molar-refractivity contribution in [2.75, 3.05) is 5.32 Å². The van der Waals surface area contributed by atoms with Crippen molar-refractivity contribution >= 4 is 35.0 Å². The highest BCUT2D eigenvalue weighted by Gasteiger charge is 2.44. The molecule has 5 heteroatoms. The number of hydrogen-bond acceptors (Lipinski definition) is 3. The summed E-state index contributed by atoms with van der Waals surface area (Å²) in [6.45, 7) is 0. The smallest absolute Gasteiger partial charge is 0.228 e. The first-order chi connectivity index (χ1) is 13.2. The average molecular weight is 395 g/mol. The molecular weight excluding hydrogens is 376 g/mol. The van der Waals surface area contributed by atoms with E-state index in [1.165, 1.54) is 5.56 Å². The van der Waals surface area contributed by atoms with Crippen molar-refractivity contribution in [2.24, 2.45) is 5.92 Å². The van der Waals surface area contributed by atoms with Crippen LogP contribution < -0.4 is 5.32 Å². The number of pyridine rings is 1. The van der Waals surface area contributed by atoms with Gasteiger partial charge in [0.1, 0.15) is 0 Å². The lowest BCUT2D eigenvalue weighted by Gasteiger charge is -2.07. The summed E-state index contributed by atoms with van der Waals surface area (Å²) in [6.07, 6.45) is 4.52. The topological polar surface area (TPSA) is 42.0 Å². The first-order valence-corrected chi connectivity index (χ1v) is 10.2. The molecule has 2 atom stereocenters. The van der Waals surface area contributed by atoms with Gasteiger partial charge in [0.2, 0.25) is 5.91 Å². The average Bonchev–Trinajstić information content (AvgIpc) is 3.49. The summed E-state index contributed by atoms with van der Waals surface area (Å²) in [6, 6.07) is 19.8. The molecule has 2 unspecified atom stereocenters. The fraction of sp³-hybridized carbons (Fsp3) is 0.182. The van der Waals surface area contributed by atoms with Gasteiger partial charge < -0.3 is 5.32 Å². The van der Waals surface area contributed by atoms with E-state index in [0.717, 1.165) is 33.3 Å². The highest BCUT2D eigenvalue weighted by Crippen LogP contribution is 2.50. The maximum atomic E-state index is 12.5. The summed E-state index contributed by atoms with van der Waals surface area (Å²) in [4.78, 5) is 17.8. The van der Waals surface area contributed by atoms with E-state index in [1.807, 2.05) is 60.8 Å². The van der Waals surface area contributed by atoms with Gasteiger partial charge in [-0.15, -0.1) is 11.8 Å². The van der Waals surface area contributed by atoms with Gasteiger partial charge in [0.25, 0.3) is 0 Å². The van der Waals surface area contributed by atoms with Crippen LogP contribution >= 0.6 is 23.4 Å². The molecule has 0 spiro atoms. The number of carbonyl (C=O) groups is 1. The number of thioether (sulfide) groups is 1. The largest absolute Gasteiger partial charge is 0.326 e. The fourth-order valence-corrected chi connectivity index (χ4v) is 4.23. The molecular formula is C22H19ClN2OS. The summed E-state index contributed by atoms with van der Waals surface area (Å²) < 4.78 is 0. The van der Waals surface area contributed by atoms with Crippen molar-refractivity contribution in [1.82, 2.24) is 4.98 Å². The second-order valence-electron chi connectivity index (χ2n) is 6.63. The van der Waals surface area contributed by atoms with Crippen LogP contribution in [0.25, 0.3) is 0 Å². The van der Waals surface area contributed by atoms with Crippen molar-refractivity contribution in [3.05, 3.63) is 89.2 Å². The molecule has 1 N–H and O–H groups in total. The van der Waals surface area contributed by atoms with E-state index < -0.39 is 0 Å². The Morgan fingerprint density at radius 3 is 2.67 bits per heavy atom. The molecule has 0 radical (unpaired) electrons. The number of aromatic nitrogens is 1. The van der Waals surface area contributed by atoms with E-state index in [1.54, 1.807) is 18.0 Å². The Morgan fingerprint density at radius 1 is 1.11 bits per heavy atom. The fourth-order valence-electron chi connectivity index (χ4n) is 3.12. The minimum absolute atomic E-state index is 0.00420. The Bertz CT molecular complexity index is 931. The Labute approximate surface area is 168 Å². The number of amides is 1. The second-order valence-corrected chi connectivity index (χ2v) is 8.09. The third kappa shape index (κ3) is 4.52. The van der Waals surface area contributed by atoms with Gasteiger partial charge in [0.05, 0.1) is 0 Å². The molecule has 1 fully saturated rings. The van der Waals surface area contributed by atoms with Crippen LogP contribution in [0.15, 0.2) is 78.0 Å². The number of nitrogens with one attached hydrogen (secondary N) is 1. The van der Waals surface area contributed by atoms with Crippen LogP contribution in [0.2, 0.25) is 5.02 Å². The third-order valence-corrected chi connectivity index (χ3v) is 6.11. The van der Waals surface area contributed by atoms with E-state index in [0.29, 0.717) is 0 Å². The Kier molecular flexibility index (Phi) is 5.46. The molecule has 0 aliphatic heterocycles. The number of carbonyl (C=O) groups excluding carboxylic acids is 1. The summed E-state index contributed by atoms with van der Waals surface area (Å²) in [5.41, 5.74) is 3.09. The van der Waals surface area contributed by atoms with Gasteiger partial charge in [-0.2, -0.15) is 0 Å². The van der Waals surface area contributed by atoms with Crippen LogP contribution in [-0.4, -0.2) is 10.9 Å². The summed E-state index contributed by atoms with van der Waals surface area (Å²) in [5.74, 6) is 1.18. The van der Waals surface area contributed by atoms with E-state index >= 15 is 0 Å². The number of rotatable bonds is 6. The minimum Gasteiger partial charge on any atom is -0.326 e. The number of anilines is 1. The molecule has 1 aromatic heterocycles. The third-order valence-electron chi connectivity index (χ3n) is 4.68. The molecule has 1 amide bonds. The lowest BCUT2D eigenvalue weighted by molar-refractivity contribution is -0.117. The predicted molar refractivity (Wildman–Crippen MR) is 111 cm³/mol. The molecule has 0 bridgehead atoms. The van der Waals surface area contributed by atoms with Crippen molar-refractivity contribution in [2.45, 2.75) is 23.0 Å². The normalized spacial score (nSPS) is 18.1. The monoisotopic (exact) mass is 394 g/mol. The quantitative estimate of drug-likeness (QED) is 0.539. The molecule has 2 aromatic carbocycles. The molecule has 0 saturated heterocycles. The van der Waals surface area contributed by atoms with Gasteiger partial charge in [-0.1, -0.05) is 35.9 Å². The van der Waals surface area contributed by atoms with Crippen molar-refractivity contribution in [3.8, 4) is 0 Å². The summed E-state index contributed by atoms with van der Waals surface area (Å²) in [5, 5.41) is 3.77. The second kappa shape index (κ2) is 8.15. The number of nitrogens with zero attached hydrogens (tertiary/aromatic N) is 1. The Morgan fingerprint density at radius 2 is 1.93 bits per heavy atom. The highest BCUT2D eigenvalue weighted by atomic mass is 35.5. The molecule has 3 aromatic rings. The van der Waals surface area contributed by atoms with Crippen molar-refractivity contribution in [3.63, 3.8) is 0 Å². The van der Waals surface area contributed by atoms with Crippen LogP contribution in [0.4, 0.5) is 5.69 Å². The van der Waals surface area contributed by atoms with Gasteiger partial charge in [0, 0.05) is 39.7 Å². The number of benzene rings is 2. The van der Waals surface area contributed by atoms with E-state index in [2.05, 4.69) is 16.4 Å². The van der Waals surface area contributed by atoms with Crippen LogP contribution in [0.5, 0.6) is 0 Å². The molecule has 136 valence electrons. The van der Waals surface area contributed by atoms with Crippen LogP contribution in [0.1, 0.15) is 23.5 Å². The summed E-state index contributed by atoms with van der Waals surface area (Å²) >= 11 is 7.99. The standard InChI is InChI=1S/C22H19ClN2OS/c23-21-6-2-1-5-18(21)19-12-20(19)22(26)25-16-7-9-17(10-8-16)27-14-15-4-3-11-24-13-15/h1-11,13,19-20H,12,14H2,(H,25,26). The van der Waals surface area contributed by atoms with Crippen LogP contribution in [0.3, 0.4) is 0 Å². The SMILES string of the molecule is O=C(Nc1ccc(SCc2cccnc2)cc1)C1CC1c1ccccc1Cl. The Hall–Kier alpha value is -2.30. The zero-order valence-electron chi connectivity index (χ0n) is 14.6. The lowest BCUT2D eigenvalue weighted by atomic mass is 10.1. The van der Waals surface area contributed by atoms with Gasteiger partial charge >= 0.3 is 0 Å². The molecule has 27 heavy (non-hydrogen) atoms.